The van der Waals surface area contributed by atoms with Crippen LogP contribution < -0.4 is 10.6 Å². The number of halogens is 4. The van der Waals surface area contributed by atoms with E-state index in [1.54, 1.807) is 12.4 Å². The maximum atomic E-state index is 13.1. The van der Waals surface area contributed by atoms with Gasteiger partial charge in [0.2, 0.25) is 0 Å². The fraction of sp³-hybridized carbons (Fsp3) is 0.190. The lowest BCUT2D eigenvalue weighted by molar-refractivity contribution is -0.145. The van der Waals surface area contributed by atoms with Gasteiger partial charge in [-0.3, -0.25) is 4.98 Å². The molecule has 0 aliphatic carbocycles. The van der Waals surface area contributed by atoms with Crippen LogP contribution in [0, 0.1) is 0 Å². The van der Waals surface area contributed by atoms with Crippen LogP contribution in [0.4, 0.5) is 24.8 Å². The molecule has 2 N–H and O–H groups in total. The smallest absolute Gasteiger partial charge is 0.383 e. The van der Waals surface area contributed by atoms with Gasteiger partial charge in [-0.2, -0.15) is 22.8 Å². The first-order valence-corrected chi connectivity index (χ1v) is 11.0. The van der Waals surface area contributed by atoms with Gasteiger partial charge in [-0.25, -0.2) is 14.6 Å². The van der Waals surface area contributed by atoms with Crippen LogP contribution in [0.25, 0.3) is 27.7 Å². The van der Waals surface area contributed by atoms with Gasteiger partial charge < -0.3 is 10.6 Å². The van der Waals surface area contributed by atoms with Crippen molar-refractivity contribution in [2.75, 3.05) is 17.2 Å². The Morgan fingerprint density at radius 2 is 1.88 bits per heavy atom. The van der Waals surface area contributed by atoms with Crippen LogP contribution in [0.15, 0.2) is 47.2 Å². The van der Waals surface area contributed by atoms with E-state index in [0.29, 0.717) is 28.3 Å². The van der Waals surface area contributed by atoms with E-state index in [0.717, 1.165) is 22.0 Å². The molecule has 0 spiro atoms. The molecule has 0 fully saturated rings. The van der Waals surface area contributed by atoms with Gasteiger partial charge in [0.1, 0.15) is 21.9 Å². The number of nitrogens with two attached hydrogens (primary N) is 1. The highest BCUT2D eigenvalue weighted by molar-refractivity contribution is 9.10. The maximum Gasteiger partial charge on any atom is 0.453 e. The second-order valence-corrected chi connectivity index (χ2v) is 8.63. The summed E-state index contributed by atoms with van der Waals surface area (Å²) < 4.78 is 42.4. The summed E-state index contributed by atoms with van der Waals surface area (Å²) >= 11 is 3.49. The number of pyridine rings is 1. The summed E-state index contributed by atoms with van der Waals surface area (Å²) in [6.07, 6.45) is -1.18. The lowest BCUT2D eigenvalue weighted by Gasteiger charge is -2.28. The van der Waals surface area contributed by atoms with Crippen LogP contribution in [0.1, 0.15) is 11.6 Å². The largest absolute Gasteiger partial charge is 0.453 e. The molecule has 0 unspecified atom stereocenters. The van der Waals surface area contributed by atoms with Gasteiger partial charge in [-0.05, 0) is 28.1 Å². The molecule has 172 valence electrons. The number of fused-ring (bicyclic) bond motifs is 3. The van der Waals surface area contributed by atoms with Crippen LogP contribution in [0.2, 0.25) is 0 Å². The number of nitrogens with zero attached hydrogens (tertiary/aromatic N) is 8. The third-order valence-corrected chi connectivity index (χ3v) is 6.48. The second-order valence-electron chi connectivity index (χ2n) is 7.84. The first kappa shape index (κ1) is 20.8. The number of para-hydroxylation sites is 1. The lowest BCUT2D eigenvalue weighted by atomic mass is 10.1. The Morgan fingerprint density at radius 3 is 2.71 bits per heavy atom. The quantitative estimate of drug-likeness (QED) is 0.369. The molecule has 1 aliphatic rings. The Labute approximate surface area is 198 Å². The van der Waals surface area contributed by atoms with E-state index < -0.39 is 12.0 Å². The average Bonchev–Trinajstić information content (AvgIpc) is 3.45. The van der Waals surface area contributed by atoms with Crippen LogP contribution in [0.3, 0.4) is 0 Å². The minimum atomic E-state index is -4.60. The molecule has 4 aromatic heterocycles. The summed E-state index contributed by atoms with van der Waals surface area (Å²) in [5.74, 6) is -0.127. The molecule has 0 saturated heterocycles. The van der Waals surface area contributed by atoms with E-state index in [-0.39, 0.29) is 18.9 Å². The van der Waals surface area contributed by atoms with E-state index in [1.807, 2.05) is 35.2 Å². The zero-order chi connectivity index (χ0) is 23.6. The Balaban J connectivity index is 1.43. The molecule has 9 nitrogen and oxygen atoms in total. The topological polar surface area (TPSA) is 103 Å². The third kappa shape index (κ3) is 3.26. The Morgan fingerprint density at radius 1 is 1.06 bits per heavy atom. The van der Waals surface area contributed by atoms with Crippen molar-refractivity contribution in [2.24, 2.45) is 0 Å². The number of alkyl halides is 3. The van der Waals surface area contributed by atoms with Gasteiger partial charge >= 0.3 is 6.18 Å². The number of rotatable bonds is 2. The fourth-order valence-electron chi connectivity index (χ4n) is 4.05. The number of nitrogen functional groups attached to an aromatic ring is 1. The number of anilines is 2. The SMILES string of the molecule is Nc1c(Br)c(N2CCn3nc(C(F)(F)F)nc3C2)nc2c(-c3cnc4ccccc4c3)cnn12. The summed E-state index contributed by atoms with van der Waals surface area (Å²) in [7, 11) is 0. The van der Waals surface area contributed by atoms with Crippen LogP contribution in [0.5, 0.6) is 0 Å². The van der Waals surface area contributed by atoms with Gasteiger partial charge in [0.15, 0.2) is 5.65 Å². The number of aromatic nitrogens is 7. The van der Waals surface area contributed by atoms with E-state index >= 15 is 0 Å². The summed E-state index contributed by atoms with van der Waals surface area (Å²) in [5, 5.41) is 8.95. The zero-order valence-electron chi connectivity index (χ0n) is 17.3. The first-order valence-electron chi connectivity index (χ1n) is 10.2. The molecule has 0 atom stereocenters. The highest BCUT2D eigenvalue weighted by Gasteiger charge is 2.38. The van der Waals surface area contributed by atoms with E-state index in [9.17, 15) is 13.2 Å². The minimum Gasteiger partial charge on any atom is -0.383 e. The van der Waals surface area contributed by atoms with Crippen molar-refractivity contribution in [2.45, 2.75) is 19.3 Å². The fourth-order valence-corrected chi connectivity index (χ4v) is 4.56. The van der Waals surface area contributed by atoms with Gasteiger partial charge in [0.05, 0.1) is 24.8 Å². The predicted octanol–water partition coefficient (Wildman–Crippen LogP) is 3.92. The summed E-state index contributed by atoms with van der Waals surface area (Å²) in [6, 6.07) is 9.77. The zero-order valence-corrected chi connectivity index (χ0v) is 18.9. The van der Waals surface area contributed by atoms with Crippen LogP contribution in [-0.2, 0) is 19.3 Å². The highest BCUT2D eigenvalue weighted by Crippen LogP contribution is 2.36. The summed E-state index contributed by atoms with van der Waals surface area (Å²) in [5.41, 5.74) is 9.29. The summed E-state index contributed by atoms with van der Waals surface area (Å²) in [4.78, 5) is 14.8. The van der Waals surface area contributed by atoms with Gasteiger partial charge in [-0.1, -0.05) is 18.2 Å². The van der Waals surface area contributed by atoms with Crippen LogP contribution in [-0.4, -0.2) is 40.9 Å². The molecule has 0 bridgehead atoms. The maximum absolute atomic E-state index is 13.1. The molecule has 1 aromatic carbocycles. The van der Waals surface area contributed by atoms with Crippen molar-refractivity contribution in [1.29, 1.82) is 0 Å². The monoisotopic (exact) mass is 529 g/mol. The van der Waals surface area contributed by atoms with Crippen molar-refractivity contribution in [1.82, 2.24) is 34.3 Å². The molecule has 5 aromatic rings. The summed E-state index contributed by atoms with van der Waals surface area (Å²) in [6.45, 7) is 0.722. The molecule has 0 saturated carbocycles. The molecule has 0 radical (unpaired) electrons. The van der Waals surface area contributed by atoms with E-state index in [1.165, 1.54) is 9.20 Å². The molecule has 13 heteroatoms. The van der Waals surface area contributed by atoms with E-state index in [4.69, 9.17) is 10.7 Å². The van der Waals surface area contributed by atoms with Gasteiger partial charge in [-0.15, -0.1) is 5.10 Å². The number of hydrogen-bond acceptors (Lipinski definition) is 7. The minimum absolute atomic E-state index is 0.102. The predicted molar refractivity (Wildman–Crippen MR) is 122 cm³/mol. The standard InChI is InChI=1S/C21H15BrF3N9/c22-16-17(26)34-18(13(9-28-34)12-7-11-3-1-2-4-14(11)27-8-12)30-19(16)32-5-6-33-15(10-32)29-20(31-33)21(23,24)25/h1-4,7-9H,5-6,10,26H2. The molecule has 34 heavy (non-hydrogen) atoms. The molecular formula is C21H15BrF3N9. The third-order valence-electron chi connectivity index (χ3n) is 5.72. The van der Waals surface area contributed by atoms with Crippen molar-refractivity contribution < 1.29 is 13.2 Å². The van der Waals surface area contributed by atoms with Gasteiger partial charge in [0.25, 0.3) is 5.82 Å². The van der Waals surface area contributed by atoms with E-state index in [2.05, 4.69) is 36.1 Å². The molecule has 5 heterocycles. The normalized spacial score (nSPS) is 14.2. The van der Waals surface area contributed by atoms with Crippen molar-refractivity contribution in [3.8, 4) is 11.1 Å². The van der Waals surface area contributed by atoms with Crippen LogP contribution >= 0.6 is 15.9 Å². The average molecular weight is 530 g/mol. The first-order chi connectivity index (χ1) is 16.3. The highest BCUT2D eigenvalue weighted by atomic mass is 79.9. The number of hydrogen-bond donors (Lipinski definition) is 1. The Hall–Kier alpha value is -3.74. The van der Waals surface area contributed by atoms with Gasteiger partial charge in [0, 0.05) is 29.3 Å². The van der Waals surface area contributed by atoms with Crippen molar-refractivity contribution >= 4 is 44.1 Å². The lowest BCUT2D eigenvalue weighted by Crippen LogP contribution is -2.35. The molecule has 0 amide bonds. The van der Waals surface area contributed by atoms with Crippen molar-refractivity contribution in [3.63, 3.8) is 0 Å². The van der Waals surface area contributed by atoms with Crippen molar-refractivity contribution in [3.05, 3.63) is 58.8 Å². The molecule has 6 rings (SSSR count). The Bertz CT molecular complexity index is 1570. The number of benzene rings is 1. The molecular weight excluding hydrogens is 515 g/mol. The molecule has 1 aliphatic heterocycles. The second kappa shape index (κ2) is 7.38. The Kier molecular flexibility index (Phi) is 4.52.